The van der Waals surface area contributed by atoms with Crippen molar-refractivity contribution in [2.45, 2.75) is 0 Å². The predicted molar refractivity (Wildman–Crippen MR) is 47.2 cm³/mol. The van der Waals surface area contributed by atoms with Gasteiger partial charge in [0.05, 0.1) is 22.5 Å². The molecule has 0 saturated carbocycles. The van der Waals surface area contributed by atoms with Gasteiger partial charge in [0, 0.05) is 6.07 Å². The number of nitrogens with one attached hydrogen (secondary N) is 1. The number of anilines is 1. The average Bonchev–Trinajstić information content (AvgIpc) is 2.53. The third kappa shape index (κ3) is 0.994. The number of nitrogens with zero attached hydrogens (tertiary/aromatic N) is 2. The van der Waals surface area contributed by atoms with Crippen molar-refractivity contribution in [3.8, 4) is 0 Å². The van der Waals surface area contributed by atoms with Crippen LogP contribution in [0.15, 0.2) is 18.5 Å². The highest BCUT2D eigenvalue weighted by atomic mass is 16.6. The van der Waals surface area contributed by atoms with E-state index in [0.717, 1.165) is 0 Å². The van der Waals surface area contributed by atoms with Gasteiger partial charge in [0.25, 0.3) is 5.69 Å². The summed E-state index contributed by atoms with van der Waals surface area (Å²) in [6, 6.07) is 2.83. The molecule has 0 amide bonds. The molecule has 1 aromatic carbocycles. The molecule has 0 fully saturated rings. The third-order valence-corrected chi connectivity index (χ3v) is 1.79. The van der Waals surface area contributed by atoms with Gasteiger partial charge in [0.15, 0.2) is 5.52 Å². The van der Waals surface area contributed by atoms with Crippen LogP contribution in [-0.4, -0.2) is 14.9 Å². The molecular weight excluding hydrogens is 172 g/mol. The number of fused-ring (bicyclic) bond motifs is 1. The number of nitrogens with two attached hydrogens (primary N) is 1. The minimum atomic E-state index is -0.484. The number of hydrogen-bond acceptors (Lipinski definition) is 4. The molecule has 0 bridgehead atoms. The normalized spacial score (nSPS) is 10.5. The molecule has 2 aromatic rings. The van der Waals surface area contributed by atoms with Crippen LogP contribution in [0.4, 0.5) is 11.4 Å². The van der Waals surface area contributed by atoms with Gasteiger partial charge in [-0.05, 0) is 6.07 Å². The fourth-order valence-corrected chi connectivity index (χ4v) is 1.19. The second-order valence-corrected chi connectivity index (χ2v) is 2.56. The van der Waals surface area contributed by atoms with Gasteiger partial charge in [0.1, 0.15) is 0 Å². The van der Waals surface area contributed by atoms with E-state index in [0.29, 0.717) is 16.7 Å². The number of rotatable bonds is 1. The van der Waals surface area contributed by atoms with Crippen LogP contribution in [0.25, 0.3) is 11.0 Å². The van der Waals surface area contributed by atoms with Crippen LogP contribution in [-0.2, 0) is 0 Å². The maximum Gasteiger partial charge on any atom is 0.297 e. The third-order valence-electron chi connectivity index (χ3n) is 1.79. The molecule has 13 heavy (non-hydrogen) atoms. The highest BCUT2D eigenvalue weighted by molar-refractivity contribution is 5.93. The van der Waals surface area contributed by atoms with Gasteiger partial charge in [-0.15, -0.1) is 0 Å². The lowest BCUT2D eigenvalue weighted by Gasteiger charge is -1.95. The first-order valence-electron chi connectivity index (χ1n) is 3.56. The molecule has 0 saturated heterocycles. The lowest BCUT2D eigenvalue weighted by Crippen LogP contribution is -1.92. The minimum absolute atomic E-state index is 0.0366. The summed E-state index contributed by atoms with van der Waals surface area (Å²) in [6.07, 6.45) is 1.38. The molecule has 66 valence electrons. The van der Waals surface area contributed by atoms with Gasteiger partial charge in [0.2, 0.25) is 0 Å². The molecule has 2 rings (SSSR count). The Hall–Kier alpha value is -2.11. The number of aromatic nitrogens is 2. The Morgan fingerprint density at radius 2 is 2.31 bits per heavy atom. The quantitative estimate of drug-likeness (QED) is 0.387. The summed E-state index contributed by atoms with van der Waals surface area (Å²) in [5, 5.41) is 10.5. The van der Waals surface area contributed by atoms with Crippen LogP contribution >= 0.6 is 0 Å². The fourth-order valence-electron chi connectivity index (χ4n) is 1.19. The number of benzene rings is 1. The molecule has 1 aromatic heterocycles. The van der Waals surface area contributed by atoms with E-state index in [2.05, 4.69) is 9.97 Å². The zero-order valence-corrected chi connectivity index (χ0v) is 6.52. The standard InChI is InChI=1S/C7H6N4O2/c8-4-1-2-5(11(12)13)7-6(4)9-3-10-7/h1-3H,8H2,(H,9,10). The Labute approximate surface area is 72.5 Å². The van der Waals surface area contributed by atoms with Crippen LogP contribution in [0.1, 0.15) is 0 Å². The average molecular weight is 178 g/mol. The molecule has 0 aliphatic carbocycles. The van der Waals surface area contributed by atoms with E-state index < -0.39 is 4.92 Å². The van der Waals surface area contributed by atoms with E-state index in [9.17, 15) is 10.1 Å². The number of non-ortho nitro benzene ring substituents is 1. The van der Waals surface area contributed by atoms with Crippen molar-refractivity contribution in [1.82, 2.24) is 9.97 Å². The van der Waals surface area contributed by atoms with Gasteiger partial charge in [-0.2, -0.15) is 0 Å². The Kier molecular flexibility index (Phi) is 1.42. The molecule has 0 aliphatic heterocycles. The molecular formula is C7H6N4O2. The Balaban J connectivity index is 2.86. The van der Waals surface area contributed by atoms with Crippen LogP contribution in [0.2, 0.25) is 0 Å². The van der Waals surface area contributed by atoms with E-state index in [4.69, 9.17) is 5.73 Å². The lowest BCUT2D eigenvalue weighted by molar-refractivity contribution is -0.383. The Morgan fingerprint density at radius 1 is 1.54 bits per heavy atom. The summed E-state index contributed by atoms with van der Waals surface area (Å²) >= 11 is 0. The van der Waals surface area contributed by atoms with Crippen molar-refractivity contribution < 1.29 is 4.92 Å². The van der Waals surface area contributed by atoms with E-state index in [-0.39, 0.29) is 5.69 Å². The molecule has 3 N–H and O–H groups in total. The molecule has 6 heteroatoms. The summed E-state index contributed by atoms with van der Waals surface area (Å²) < 4.78 is 0. The van der Waals surface area contributed by atoms with Crippen molar-refractivity contribution in [1.29, 1.82) is 0 Å². The molecule has 0 aliphatic rings. The van der Waals surface area contributed by atoms with Crippen LogP contribution in [0.5, 0.6) is 0 Å². The highest BCUT2D eigenvalue weighted by Crippen LogP contribution is 2.26. The summed E-state index contributed by atoms with van der Waals surface area (Å²) in [4.78, 5) is 16.6. The number of nitro benzene ring substituents is 1. The second kappa shape index (κ2) is 2.44. The van der Waals surface area contributed by atoms with E-state index in [1.807, 2.05) is 0 Å². The number of nitro groups is 1. The Bertz CT molecular complexity index is 476. The van der Waals surface area contributed by atoms with Crippen molar-refractivity contribution in [2.24, 2.45) is 0 Å². The maximum absolute atomic E-state index is 10.5. The minimum Gasteiger partial charge on any atom is -0.397 e. The van der Waals surface area contributed by atoms with E-state index in [1.165, 1.54) is 18.5 Å². The van der Waals surface area contributed by atoms with Gasteiger partial charge >= 0.3 is 0 Å². The van der Waals surface area contributed by atoms with Gasteiger partial charge in [-0.3, -0.25) is 10.1 Å². The fraction of sp³-hybridized carbons (Fsp3) is 0. The monoisotopic (exact) mass is 178 g/mol. The molecule has 6 nitrogen and oxygen atoms in total. The Morgan fingerprint density at radius 3 is 3.00 bits per heavy atom. The summed E-state index contributed by atoms with van der Waals surface area (Å²) in [7, 11) is 0. The van der Waals surface area contributed by atoms with Crippen LogP contribution < -0.4 is 5.73 Å². The summed E-state index contributed by atoms with van der Waals surface area (Å²) in [6.45, 7) is 0. The maximum atomic E-state index is 10.5. The van der Waals surface area contributed by atoms with Crippen LogP contribution in [0.3, 0.4) is 0 Å². The first kappa shape index (κ1) is 7.53. The van der Waals surface area contributed by atoms with E-state index >= 15 is 0 Å². The largest absolute Gasteiger partial charge is 0.397 e. The van der Waals surface area contributed by atoms with E-state index in [1.54, 1.807) is 0 Å². The van der Waals surface area contributed by atoms with Crippen molar-refractivity contribution >= 4 is 22.4 Å². The van der Waals surface area contributed by atoms with Crippen LogP contribution in [0, 0.1) is 10.1 Å². The molecule has 0 unspecified atom stereocenters. The zero-order valence-electron chi connectivity index (χ0n) is 6.52. The number of H-pyrrole nitrogens is 1. The van der Waals surface area contributed by atoms with Gasteiger partial charge < -0.3 is 10.7 Å². The second-order valence-electron chi connectivity index (χ2n) is 2.56. The SMILES string of the molecule is Nc1ccc([N+](=O)[O-])c2nc[nH]c12. The molecule has 0 radical (unpaired) electrons. The van der Waals surface area contributed by atoms with Crippen molar-refractivity contribution in [3.05, 3.63) is 28.6 Å². The lowest BCUT2D eigenvalue weighted by atomic mass is 10.2. The van der Waals surface area contributed by atoms with Gasteiger partial charge in [-0.25, -0.2) is 4.98 Å². The molecule has 0 atom stereocenters. The summed E-state index contributed by atoms with van der Waals surface area (Å²) in [5.74, 6) is 0. The topological polar surface area (TPSA) is 97.8 Å². The molecule has 0 spiro atoms. The number of nitrogen functional groups attached to an aromatic ring is 1. The number of hydrogen-bond donors (Lipinski definition) is 2. The predicted octanol–water partition coefficient (Wildman–Crippen LogP) is 1.05. The number of aromatic amines is 1. The zero-order chi connectivity index (χ0) is 9.42. The first-order valence-corrected chi connectivity index (χ1v) is 3.56. The van der Waals surface area contributed by atoms with Crippen molar-refractivity contribution in [2.75, 3.05) is 5.73 Å². The van der Waals surface area contributed by atoms with Gasteiger partial charge in [-0.1, -0.05) is 0 Å². The van der Waals surface area contributed by atoms with Crippen molar-refractivity contribution in [3.63, 3.8) is 0 Å². The molecule has 1 heterocycles. The first-order chi connectivity index (χ1) is 6.20. The smallest absolute Gasteiger partial charge is 0.297 e. The highest BCUT2D eigenvalue weighted by Gasteiger charge is 2.14. The summed E-state index contributed by atoms with van der Waals surface area (Å²) in [5.41, 5.74) is 6.80. The number of imidazole rings is 1.